The van der Waals surface area contributed by atoms with Gasteiger partial charge in [-0.25, -0.2) is 13.8 Å². The van der Waals surface area contributed by atoms with E-state index in [4.69, 9.17) is 16.3 Å². The summed E-state index contributed by atoms with van der Waals surface area (Å²) in [7, 11) is 1.58. The van der Waals surface area contributed by atoms with Crippen molar-refractivity contribution in [3.05, 3.63) is 52.8 Å². The standard InChI is InChI=1S/C20H20ClF2N3O2/c1-28-14-4-2-13(3-5-14)11-25-12-15-16(6-7-18(21)24-15)26-9-8-20(22,23)10-17(26)19(25)27/h2-7,17H,8-12H2,1H3. The molecule has 0 N–H and O–H groups in total. The maximum Gasteiger partial charge on any atom is 0.252 e. The van der Waals surface area contributed by atoms with Gasteiger partial charge in [0.05, 0.1) is 25.0 Å². The van der Waals surface area contributed by atoms with Gasteiger partial charge >= 0.3 is 0 Å². The predicted octanol–water partition coefficient (Wildman–Crippen LogP) is 3.89. The Bertz CT molecular complexity index is 892. The predicted molar refractivity (Wildman–Crippen MR) is 102 cm³/mol. The number of ether oxygens (including phenoxy) is 1. The summed E-state index contributed by atoms with van der Waals surface area (Å²) in [6.07, 6.45) is -0.773. The summed E-state index contributed by atoms with van der Waals surface area (Å²) in [6, 6.07) is 9.82. The lowest BCUT2D eigenvalue weighted by molar-refractivity contribution is -0.137. The third-order valence-electron chi connectivity index (χ3n) is 5.28. The molecule has 0 saturated carbocycles. The van der Waals surface area contributed by atoms with Gasteiger partial charge in [-0.3, -0.25) is 4.79 Å². The van der Waals surface area contributed by atoms with E-state index in [2.05, 4.69) is 4.98 Å². The summed E-state index contributed by atoms with van der Waals surface area (Å²) >= 11 is 6.06. The third-order valence-corrected chi connectivity index (χ3v) is 5.49. The van der Waals surface area contributed by atoms with Crippen molar-refractivity contribution >= 4 is 23.2 Å². The van der Waals surface area contributed by atoms with Gasteiger partial charge in [-0.05, 0) is 29.8 Å². The van der Waals surface area contributed by atoms with Crippen molar-refractivity contribution in [2.24, 2.45) is 0 Å². The van der Waals surface area contributed by atoms with Crippen molar-refractivity contribution in [1.82, 2.24) is 9.88 Å². The molecule has 5 nitrogen and oxygen atoms in total. The molecule has 2 aromatic rings. The van der Waals surface area contributed by atoms with Gasteiger partial charge < -0.3 is 14.5 Å². The van der Waals surface area contributed by atoms with Crippen molar-refractivity contribution in [3.63, 3.8) is 0 Å². The second kappa shape index (κ2) is 7.20. The molecule has 28 heavy (non-hydrogen) atoms. The van der Waals surface area contributed by atoms with Crippen LogP contribution in [0.2, 0.25) is 5.15 Å². The van der Waals surface area contributed by atoms with Crippen LogP contribution < -0.4 is 9.64 Å². The van der Waals surface area contributed by atoms with Gasteiger partial charge in [0.15, 0.2) is 0 Å². The number of carbonyl (C=O) groups is 1. The molecule has 2 aliphatic rings. The largest absolute Gasteiger partial charge is 0.497 e. The Kier molecular flexibility index (Phi) is 4.87. The smallest absolute Gasteiger partial charge is 0.252 e. The molecular weight excluding hydrogens is 388 g/mol. The summed E-state index contributed by atoms with van der Waals surface area (Å²) in [5, 5.41) is 0.316. The number of amides is 1. The average Bonchev–Trinajstić information content (AvgIpc) is 2.77. The lowest BCUT2D eigenvalue weighted by Gasteiger charge is -2.39. The van der Waals surface area contributed by atoms with E-state index in [1.54, 1.807) is 29.0 Å². The topological polar surface area (TPSA) is 45.7 Å². The van der Waals surface area contributed by atoms with Crippen LogP contribution in [0.4, 0.5) is 14.5 Å². The number of fused-ring (bicyclic) bond motifs is 3. The molecule has 0 spiro atoms. The monoisotopic (exact) mass is 407 g/mol. The van der Waals surface area contributed by atoms with Crippen LogP contribution in [-0.2, 0) is 17.9 Å². The summed E-state index contributed by atoms with van der Waals surface area (Å²) in [5.41, 5.74) is 2.21. The number of alkyl halides is 2. The fraction of sp³-hybridized carbons (Fsp3) is 0.400. The van der Waals surface area contributed by atoms with E-state index in [9.17, 15) is 13.6 Å². The van der Waals surface area contributed by atoms with E-state index in [-0.39, 0.29) is 25.4 Å². The first-order valence-electron chi connectivity index (χ1n) is 9.08. The Morgan fingerprint density at radius 2 is 2.00 bits per heavy atom. The van der Waals surface area contributed by atoms with Crippen LogP contribution in [0.5, 0.6) is 5.75 Å². The van der Waals surface area contributed by atoms with Gasteiger partial charge in [0.1, 0.15) is 16.9 Å². The molecule has 1 amide bonds. The quantitative estimate of drug-likeness (QED) is 0.724. The molecule has 1 saturated heterocycles. The summed E-state index contributed by atoms with van der Waals surface area (Å²) in [4.78, 5) is 20.9. The van der Waals surface area contributed by atoms with Crippen molar-refractivity contribution in [2.75, 3.05) is 18.6 Å². The highest BCUT2D eigenvalue weighted by molar-refractivity contribution is 6.29. The maximum absolute atomic E-state index is 14.1. The lowest BCUT2D eigenvalue weighted by atomic mass is 9.97. The number of halogens is 3. The van der Waals surface area contributed by atoms with E-state index in [0.29, 0.717) is 28.8 Å². The number of methoxy groups -OCH3 is 1. The fourth-order valence-electron chi connectivity index (χ4n) is 3.84. The molecule has 0 bridgehead atoms. The Morgan fingerprint density at radius 1 is 1.25 bits per heavy atom. The molecule has 1 aromatic carbocycles. The van der Waals surface area contributed by atoms with Gasteiger partial charge in [-0.15, -0.1) is 0 Å². The van der Waals surface area contributed by atoms with Gasteiger partial charge in [0.2, 0.25) is 5.91 Å². The Morgan fingerprint density at radius 3 is 2.71 bits per heavy atom. The zero-order valence-corrected chi connectivity index (χ0v) is 16.1. The Balaban J connectivity index is 1.69. The number of hydrogen-bond donors (Lipinski definition) is 0. The Hall–Kier alpha value is -2.41. The first kappa shape index (κ1) is 18.9. The molecule has 1 aromatic heterocycles. The lowest BCUT2D eigenvalue weighted by Crippen LogP contribution is -2.53. The molecule has 3 heterocycles. The van der Waals surface area contributed by atoms with Crippen molar-refractivity contribution in [1.29, 1.82) is 0 Å². The van der Waals surface area contributed by atoms with Crippen molar-refractivity contribution in [3.8, 4) is 5.75 Å². The first-order chi connectivity index (χ1) is 13.4. The molecule has 148 valence electrons. The minimum absolute atomic E-state index is 0.107. The van der Waals surface area contributed by atoms with Crippen LogP contribution >= 0.6 is 11.6 Å². The molecule has 0 radical (unpaired) electrons. The molecule has 2 aliphatic heterocycles. The third kappa shape index (κ3) is 3.63. The summed E-state index contributed by atoms with van der Waals surface area (Å²) in [6.45, 7) is 0.627. The van der Waals surface area contributed by atoms with Crippen LogP contribution in [0.15, 0.2) is 36.4 Å². The number of piperidine rings is 1. The summed E-state index contributed by atoms with van der Waals surface area (Å²) < 4.78 is 33.4. The molecule has 1 atom stereocenters. The second-order valence-corrected chi connectivity index (χ2v) is 7.55. The van der Waals surface area contributed by atoms with Crippen molar-refractivity contribution < 1.29 is 18.3 Å². The van der Waals surface area contributed by atoms with Crippen LogP contribution in [-0.4, -0.2) is 41.4 Å². The normalized spacial score (nSPS) is 21.0. The maximum atomic E-state index is 14.1. The van der Waals surface area contributed by atoms with E-state index in [1.165, 1.54) is 0 Å². The molecule has 0 aliphatic carbocycles. The zero-order chi connectivity index (χ0) is 19.9. The molecule has 8 heteroatoms. The second-order valence-electron chi connectivity index (χ2n) is 7.16. The first-order valence-corrected chi connectivity index (χ1v) is 9.46. The van der Waals surface area contributed by atoms with Gasteiger partial charge in [-0.1, -0.05) is 23.7 Å². The van der Waals surface area contributed by atoms with E-state index in [1.807, 2.05) is 24.3 Å². The minimum atomic E-state index is -2.85. The van der Waals surface area contributed by atoms with E-state index >= 15 is 0 Å². The highest BCUT2D eigenvalue weighted by atomic mass is 35.5. The van der Waals surface area contributed by atoms with E-state index in [0.717, 1.165) is 5.56 Å². The zero-order valence-electron chi connectivity index (χ0n) is 15.4. The highest BCUT2D eigenvalue weighted by Crippen LogP contribution is 2.39. The number of carbonyl (C=O) groups excluding carboxylic acids is 1. The number of benzene rings is 1. The van der Waals surface area contributed by atoms with Crippen LogP contribution in [0.1, 0.15) is 24.1 Å². The molecular formula is C20H20ClF2N3O2. The number of rotatable bonds is 3. The minimum Gasteiger partial charge on any atom is -0.497 e. The van der Waals surface area contributed by atoms with Crippen LogP contribution in [0.3, 0.4) is 0 Å². The SMILES string of the molecule is COc1ccc(CN2Cc3nc(Cl)ccc3N3CCC(F)(F)CC3C2=O)cc1. The number of nitrogens with zero attached hydrogens (tertiary/aromatic N) is 3. The summed E-state index contributed by atoms with van der Waals surface area (Å²) in [5.74, 6) is -2.46. The van der Waals surface area contributed by atoms with Crippen molar-refractivity contribution in [2.45, 2.75) is 37.9 Å². The van der Waals surface area contributed by atoms with Gasteiger partial charge in [0, 0.05) is 25.9 Å². The van der Waals surface area contributed by atoms with E-state index < -0.39 is 18.4 Å². The van der Waals surface area contributed by atoms with Crippen LogP contribution in [0, 0.1) is 0 Å². The number of hydrogen-bond acceptors (Lipinski definition) is 4. The fourth-order valence-corrected chi connectivity index (χ4v) is 4.01. The van der Waals surface area contributed by atoms with Gasteiger partial charge in [-0.2, -0.15) is 0 Å². The van der Waals surface area contributed by atoms with Crippen LogP contribution in [0.25, 0.3) is 0 Å². The number of anilines is 1. The Labute approximate surface area is 166 Å². The molecule has 1 fully saturated rings. The molecule has 4 rings (SSSR count). The average molecular weight is 408 g/mol. The van der Waals surface area contributed by atoms with Gasteiger partial charge in [0.25, 0.3) is 5.92 Å². The number of aromatic nitrogens is 1. The highest BCUT2D eigenvalue weighted by Gasteiger charge is 2.46. The number of pyridine rings is 1. The molecule has 1 unspecified atom stereocenters.